The summed E-state index contributed by atoms with van der Waals surface area (Å²) >= 11 is 8.96. The molecule has 2 aromatic rings. The number of ether oxygens (including phenoxy) is 1. The normalized spacial score (nSPS) is 11.0. The molecule has 0 bridgehead atoms. The molecule has 1 aromatic carbocycles. The Kier molecular flexibility index (Phi) is 5.19. The minimum Gasteiger partial charge on any atom is -0.438 e. The van der Waals surface area contributed by atoms with Crippen molar-refractivity contribution in [1.29, 1.82) is 0 Å². The molecular formula is C15H14BrClFNO2. The first kappa shape index (κ1) is 16.2. The number of hydrogen-bond acceptors (Lipinski definition) is 3. The average Bonchev–Trinajstić information content (AvgIpc) is 2.44. The summed E-state index contributed by atoms with van der Waals surface area (Å²) in [5.74, 6) is 0.184. The van der Waals surface area contributed by atoms with Gasteiger partial charge in [-0.15, -0.1) is 0 Å². The van der Waals surface area contributed by atoms with Gasteiger partial charge in [0, 0.05) is 17.8 Å². The van der Waals surface area contributed by atoms with Crippen LogP contribution < -0.4 is 4.74 Å². The summed E-state index contributed by atoms with van der Waals surface area (Å²) in [7, 11) is 0. The first-order chi connectivity index (χ1) is 9.90. The number of rotatable bonds is 4. The molecule has 1 heterocycles. The first-order valence-electron chi connectivity index (χ1n) is 6.34. The van der Waals surface area contributed by atoms with Gasteiger partial charge >= 0.3 is 0 Å². The molecule has 0 aliphatic heterocycles. The molecule has 0 atom stereocenters. The van der Waals surface area contributed by atoms with Gasteiger partial charge in [-0.05, 0) is 39.5 Å². The number of aromatic nitrogens is 1. The number of benzene rings is 1. The van der Waals surface area contributed by atoms with Crippen molar-refractivity contribution in [1.82, 2.24) is 4.98 Å². The van der Waals surface area contributed by atoms with Gasteiger partial charge in [0.25, 0.3) is 0 Å². The van der Waals surface area contributed by atoms with Gasteiger partial charge in [-0.1, -0.05) is 25.4 Å². The quantitative estimate of drug-likeness (QED) is 0.762. The highest BCUT2D eigenvalue weighted by Gasteiger charge is 2.12. The second-order valence-electron chi connectivity index (χ2n) is 4.85. The van der Waals surface area contributed by atoms with Crippen LogP contribution in [0.25, 0.3) is 0 Å². The molecule has 2 rings (SSSR count). The maximum Gasteiger partial charge on any atom is 0.219 e. The number of pyridine rings is 1. The van der Waals surface area contributed by atoms with Crippen LogP contribution >= 0.6 is 27.5 Å². The summed E-state index contributed by atoms with van der Waals surface area (Å²) in [6, 6.07) is 6.04. The lowest BCUT2D eigenvalue weighted by Crippen LogP contribution is -1.99. The van der Waals surface area contributed by atoms with E-state index >= 15 is 0 Å². The Morgan fingerprint density at radius 2 is 2.05 bits per heavy atom. The molecule has 21 heavy (non-hydrogen) atoms. The van der Waals surface area contributed by atoms with Crippen LogP contribution in [-0.4, -0.2) is 10.1 Å². The predicted molar refractivity (Wildman–Crippen MR) is 83.4 cm³/mol. The van der Waals surface area contributed by atoms with Crippen molar-refractivity contribution in [3.63, 3.8) is 0 Å². The summed E-state index contributed by atoms with van der Waals surface area (Å²) < 4.78 is 19.7. The number of halogens is 3. The van der Waals surface area contributed by atoms with E-state index in [2.05, 4.69) is 20.9 Å². The summed E-state index contributed by atoms with van der Waals surface area (Å²) in [5, 5.41) is 9.31. The fraction of sp³-hybridized carbons (Fsp3) is 0.267. The van der Waals surface area contributed by atoms with E-state index in [4.69, 9.17) is 16.3 Å². The molecule has 0 radical (unpaired) electrons. The highest BCUT2D eigenvalue weighted by atomic mass is 79.9. The third kappa shape index (κ3) is 3.93. The molecule has 1 aromatic heterocycles. The van der Waals surface area contributed by atoms with Crippen molar-refractivity contribution in [3.8, 4) is 11.6 Å². The molecular weight excluding hydrogens is 361 g/mol. The Bertz CT molecular complexity index is 664. The Morgan fingerprint density at radius 1 is 1.33 bits per heavy atom. The van der Waals surface area contributed by atoms with Crippen molar-refractivity contribution < 1.29 is 14.2 Å². The lowest BCUT2D eigenvalue weighted by molar-refractivity contribution is 0.280. The lowest BCUT2D eigenvalue weighted by Gasteiger charge is -2.12. The average molecular weight is 375 g/mol. The third-order valence-corrected chi connectivity index (χ3v) is 3.75. The fourth-order valence-electron chi connectivity index (χ4n) is 1.72. The van der Waals surface area contributed by atoms with E-state index in [0.29, 0.717) is 15.9 Å². The number of nitrogens with zero attached hydrogens (tertiary/aromatic N) is 1. The van der Waals surface area contributed by atoms with Crippen LogP contribution in [0.1, 0.15) is 31.0 Å². The first-order valence-corrected chi connectivity index (χ1v) is 7.52. The standard InChI is InChI=1S/C15H14BrClFNO2/c1-8(2)13-3-9(7-20)4-15(19-13)21-14-6-12(18)11(17)5-10(14)16/h3-6,8,20H,7H2,1-2H3. The number of hydrogen-bond donors (Lipinski definition) is 1. The summed E-state index contributed by atoms with van der Waals surface area (Å²) in [6.45, 7) is 3.87. The molecule has 0 amide bonds. The molecule has 0 saturated heterocycles. The van der Waals surface area contributed by atoms with Crippen LogP contribution in [0.15, 0.2) is 28.7 Å². The molecule has 0 unspecified atom stereocenters. The number of aliphatic hydroxyl groups is 1. The van der Waals surface area contributed by atoms with Gasteiger partial charge in [-0.25, -0.2) is 9.37 Å². The van der Waals surface area contributed by atoms with E-state index in [1.807, 2.05) is 19.9 Å². The Morgan fingerprint density at radius 3 is 2.67 bits per heavy atom. The van der Waals surface area contributed by atoms with Gasteiger partial charge in [-0.3, -0.25) is 0 Å². The minimum absolute atomic E-state index is 0.00848. The van der Waals surface area contributed by atoms with Crippen LogP contribution in [-0.2, 0) is 6.61 Å². The van der Waals surface area contributed by atoms with Gasteiger partial charge < -0.3 is 9.84 Å². The summed E-state index contributed by atoms with van der Waals surface area (Å²) in [6.07, 6.45) is 0. The topological polar surface area (TPSA) is 42.4 Å². The monoisotopic (exact) mass is 373 g/mol. The van der Waals surface area contributed by atoms with E-state index < -0.39 is 5.82 Å². The third-order valence-electron chi connectivity index (χ3n) is 2.84. The SMILES string of the molecule is CC(C)c1cc(CO)cc(Oc2cc(F)c(Cl)cc2Br)n1. The second kappa shape index (κ2) is 6.73. The zero-order valence-electron chi connectivity index (χ0n) is 11.5. The molecule has 1 N–H and O–H groups in total. The second-order valence-corrected chi connectivity index (χ2v) is 6.11. The molecule has 0 aliphatic rings. The van der Waals surface area contributed by atoms with Crippen molar-refractivity contribution >= 4 is 27.5 Å². The summed E-state index contributed by atoms with van der Waals surface area (Å²) in [4.78, 5) is 4.36. The largest absolute Gasteiger partial charge is 0.438 e. The van der Waals surface area contributed by atoms with E-state index in [1.165, 1.54) is 12.1 Å². The van der Waals surface area contributed by atoms with Crippen molar-refractivity contribution in [2.45, 2.75) is 26.4 Å². The molecule has 0 fully saturated rings. The van der Waals surface area contributed by atoms with Crippen molar-refractivity contribution in [2.75, 3.05) is 0 Å². The highest BCUT2D eigenvalue weighted by Crippen LogP contribution is 2.33. The van der Waals surface area contributed by atoms with Crippen LogP contribution in [0, 0.1) is 5.82 Å². The molecule has 3 nitrogen and oxygen atoms in total. The molecule has 112 valence electrons. The summed E-state index contributed by atoms with van der Waals surface area (Å²) in [5.41, 5.74) is 1.48. The van der Waals surface area contributed by atoms with E-state index in [1.54, 1.807) is 6.07 Å². The predicted octanol–water partition coefficient (Wildman–Crippen LogP) is 5.04. The van der Waals surface area contributed by atoms with Crippen LogP contribution in [0.3, 0.4) is 0 Å². The van der Waals surface area contributed by atoms with Crippen LogP contribution in [0.2, 0.25) is 5.02 Å². The van der Waals surface area contributed by atoms with Gasteiger partial charge in [0.1, 0.15) is 11.6 Å². The highest BCUT2D eigenvalue weighted by molar-refractivity contribution is 9.10. The van der Waals surface area contributed by atoms with Crippen LogP contribution in [0.5, 0.6) is 11.6 Å². The molecule has 0 aliphatic carbocycles. The van der Waals surface area contributed by atoms with E-state index in [9.17, 15) is 9.50 Å². The zero-order chi connectivity index (χ0) is 15.6. The van der Waals surface area contributed by atoms with E-state index in [-0.39, 0.29) is 23.3 Å². The zero-order valence-corrected chi connectivity index (χ0v) is 13.9. The number of aliphatic hydroxyl groups excluding tert-OH is 1. The smallest absolute Gasteiger partial charge is 0.219 e. The maximum atomic E-state index is 13.5. The molecule has 0 saturated carbocycles. The van der Waals surface area contributed by atoms with Gasteiger partial charge in [0.15, 0.2) is 0 Å². The lowest BCUT2D eigenvalue weighted by atomic mass is 10.1. The minimum atomic E-state index is -0.572. The van der Waals surface area contributed by atoms with Gasteiger partial charge in [-0.2, -0.15) is 0 Å². The molecule has 0 spiro atoms. The van der Waals surface area contributed by atoms with Gasteiger partial charge in [0.05, 0.1) is 16.1 Å². The maximum absolute atomic E-state index is 13.5. The Hall–Kier alpha value is -1.17. The van der Waals surface area contributed by atoms with Gasteiger partial charge in [0.2, 0.25) is 5.88 Å². The van der Waals surface area contributed by atoms with Crippen LogP contribution in [0.4, 0.5) is 4.39 Å². The Balaban J connectivity index is 2.39. The fourth-order valence-corrected chi connectivity index (χ4v) is 2.44. The van der Waals surface area contributed by atoms with Crippen molar-refractivity contribution in [3.05, 3.63) is 50.8 Å². The van der Waals surface area contributed by atoms with Crippen molar-refractivity contribution in [2.24, 2.45) is 0 Å². The molecule has 6 heteroatoms. The Labute approximate surface area is 135 Å². The van der Waals surface area contributed by atoms with E-state index in [0.717, 1.165) is 5.69 Å².